The summed E-state index contributed by atoms with van der Waals surface area (Å²) < 4.78 is 31.4. The smallest absolute Gasteiger partial charge is 0.335 e. The zero-order valence-corrected chi connectivity index (χ0v) is 90.4. The van der Waals surface area contributed by atoms with Crippen LogP contribution in [0.1, 0.15) is 393 Å². The van der Waals surface area contributed by atoms with E-state index in [1.54, 1.807) is 24.3 Å². The summed E-state index contributed by atoms with van der Waals surface area (Å²) in [6.07, 6.45) is 57.0. The number of carboxylic acid groups (broad SMARTS) is 1. The summed E-state index contributed by atoms with van der Waals surface area (Å²) in [5.74, 6) is 16.7. The molecule has 0 saturated carbocycles. The zero-order valence-electron chi connectivity index (χ0n) is 90.4. The summed E-state index contributed by atoms with van der Waals surface area (Å²) in [6.45, 7) is 25.0. The number of aromatic nitrogens is 5. The van der Waals surface area contributed by atoms with Gasteiger partial charge in [0.05, 0.1) is 99.1 Å². The lowest BCUT2D eigenvalue weighted by molar-refractivity contribution is 0.0696. The highest BCUT2D eigenvalue weighted by Crippen LogP contribution is 2.53. The van der Waals surface area contributed by atoms with E-state index in [4.69, 9.17) is 28.9 Å². The van der Waals surface area contributed by atoms with Gasteiger partial charge in [-0.25, -0.2) is 14.8 Å². The standard InChI is InChI=1S/C137H159N5O6/c1-11-15-19-23-27-31-35-39-43-47-91-145-123-59-53-60-124(146-92-48-44-40-36-32-28-24-20-16-12-2)133(123)129-117-87-83-113(138-117)109(81-67-97-63-69-101(70-64-97)135(143)144)114-84-88-118(139-114)130(134-125(147-93-49-45-41-37-33-29-25-21-17-13-3)61-54-62-126(134)148-94-50-46-42-38-34-30-26-22-18-14-4)120-90-86-116(141-120)110(115-85-89-119(129)140-115)82-68-98-65-79-104(80-66-98)142-121-95-111(99-71-75-102(76-72-99)136(5,6)7)107-57-51-55-105-106-56-52-58-108-112(100-73-77-103(78-74-100)137(8,9)10)96-122(142)132(128(106)108)131(121)127(105)107/h51-66,69-80,83-90,95-96,138,141H,11-50,91-94H2,1-10H3,(H,143,144). The normalized spacial score (nSPS) is 12.1. The molecular weight excluding hydrogens is 1810 g/mol. The van der Waals surface area contributed by atoms with Gasteiger partial charge in [-0.15, -0.1) is 0 Å². The molecule has 8 bridgehead atoms. The molecule has 0 amide bonds. The van der Waals surface area contributed by atoms with Gasteiger partial charge in [0, 0.05) is 60.5 Å². The van der Waals surface area contributed by atoms with Crippen molar-refractivity contribution in [2.45, 2.75) is 337 Å². The Kier molecular flexibility index (Phi) is 37.5. The topological polar surface area (TPSA) is 137 Å². The number of H-pyrrole nitrogens is 2. The van der Waals surface area contributed by atoms with Crippen LogP contribution in [0, 0.1) is 23.7 Å². The summed E-state index contributed by atoms with van der Waals surface area (Å²) in [4.78, 5) is 32.2. The molecule has 3 N–H and O–H groups in total. The van der Waals surface area contributed by atoms with Crippen molar-refractivity contribution < 1.29 is 28.8 Å². The molecule has 11 heteroatoms. The average Bonchev–Trinajstić information content (AvgIpc) is 1.51. The average molecular weight is 1970 g/mol. The van der Waals surface area contributed by atoms with E-state index in [0.29, 0.717) is 88.9 Å². The molecule has 15 aromatic rings. The van der Waals surface area contributed by atoms with E-state index in [0.717, 1.165) is 118 Å². The van der Waals surface area contributed by atoms with Crippen molar-refractivity contribution in [3.05, 3.63) is 268 Å². The number of hydrogen-bond donors (Lipinski definition) is 3. The third-order valence-corrected chi connectivity index (χ3v) is 30.6. The van der Waals surface area contributed by atoms with Crippen molar-refractivity contribution in [2.75, 3.05) is 26.4 Å². The van der Waals surface area contributed by atoms with E-state index >= 15 is 0 Å². The van der Waals surface area contributed by atoms with Gasteiger partial charge < -0.3 is 38.6 Å². The van der Waals surface area contributed by atoms with Crippen LogP contribution in [-0.4, -0.2) is 62.0 Å². The summed E-state index contributed by atoms with van der Waals surface area (Å²) in [7, 11) is 0. The molecular formula is C137H159N5O6. The molecule has 768 valence electrons. The molecule has 4 aromatic heterocycles. The second-order valence-electron chi connectivity index (χ2n) is 43.9. The van der Waals surface area contributed by atoms with Crippen LogP contribution in [0.15, 0.2) is 206 Å². The summed E-state index contributed by atoms with van der Waals surface area (Å²) in [5, 5.41) is 20.2. The number of rotatable bonds is 54. The molecule has 17 rings (SSSR count). The first kappa shape index (κ1) is 106. The van der Waals surface area contributed by atoms with Gasteiger partial charge in [-0.1, -0.05) is 421 Å². The van der Waals surface area contributed by atoms with Crippen LogP contribution in [0.2, 0.25) is 0 Å². The minimum atomic E-state index is -0.999. The molecule has 148 heavy (non-hydrogen) atoms. The number of carbonyl (C=O) groups is 1. The number of aromatic amines is 2. The number of benzene rings is 11. The maximum atomic E-state index is 12.4. The number of aromatic carboxylic acids is 1. The molecule has 0 fully saturated rings. The fraction of sp³-hybridized carbons (Fsp3) is 0.409. The highest BCUT2D eigenvalue weighted by molar-refractivity contribution is 6.42. The number of nitrogens with one attached hydrogen (secondary N) is 2. The number of hydrogen-bond acceptors (Lipinski definition) is 7. The Morgan fingerprint density at radius 2 is 0.595 bits per heavy atom. The number of ether oxygens (including phenoxy) is 4. The van der Waals surface area contributed by atoms with Crippen molar-refractivity contribution in [1.82, 2.24) is 24.5 Å². The molecule has 6 heterocycles. The van der Waals surface area contributed by atoms with Crippen LogP contribution in [0.25, 0.3) is 151 Å². The molecule has 11 nitrogen and oxygen atoms in total. The molecule has 0 radical (unpaired) electrons. The predicted molar refractivity (Wildman–Crippen MR) is 628 cm³/mol. The monoisotopic (exact) mass is 1970 g/mol. The minimum Gasteiger partial charge on any atom is -0.493 e. The minimum absolute atomic E-state index is 0.00986. The Labute approximate surface area is 882 Å². The van der Waals surface area contributed by atoms with Gasteiger partial charge in [0.2, 0.25) is 0 Å². The molecule has 11 aromatic carbocycles. The lowest BCUT2D eigenvalue weighted by Gasteiger charge is -2.20. The quantitative estimate of drug-likeness (QED) is 0.0148. The van der Waals surface area contributed by atoms with Gasteiger partial charge in [-0.2, -0.15) is 0 Å². The van der Waals surface area contributed by atoms with Gasteiger partial charge in [-0.3, -0.25) is 0 Å². The van der Waals surface area contributed by atoms with E-state index < -0.39 is 5.97 Å². The van der Waals surface area contributed by atoms with E-state index in [2.05, 4.69) is 314 Å². The Hall–Kier alpha value is -13.1. The van der Waals surface area contributed by atoms with Crippen LogP contribution < -0.4 is 18.9 Å². The second-order valence-corrected chi connectivity index (χ2v) is 43.9. The summed E-state index contributed by atoms with van der Waals surface area (Å²) in [6, 6.07) is 74.3. The van der Waals surface area contributed by atoms with Crippen molar-refractivity contribution in [3.63, 3.8) is 0 Å². The van der Waals surface area contributed by atoms with Crippen LogP contribution in [-0.2, 0) is 10.8 Å². The third-order valence-electron chi connectivity index (χ3n) is 30.6. The molecule has 0 aliphatic carbocycles. The number of carboxylic acids is 1. The molecule has 0 spiro atoms. The SMILES string of the molecule is CCCCCCCCCCCCOc1cccc(OCCCCCCCCCCCC)c1-c1c2nc(c(C#Cc3ccc(-n4c5cc(-c6ccc(C(C)(C)C)cc6)c6cccc7c8cccc9c(-c%10ccc(C(C)(C)C)cc%10)cc4c(c98)c5c67)cc3)c3ccc([nH]3)c(-c3c(OCCCCCCCCCCCC)cccc3OCCCCCCCCCCCC)c3nc(c(C#Cc4ccc(C(=O)O)cc4)c4ccc1[nH]4)C=C3)C=C2. The van der Waals surface area contributed by atoms with Gasteiger partial charge in [0.15, 0.2) is 0 Å². The highest BCUT2D eigenvalue weighted by Gasteiger charge is 2.30. The first-order valence-electron chi connectivity index (χ1n) is 57.1. The molecule has 0 atom stereocenters. The predicted octanol–water partition coefficient (Wildman–Crippen LogP) is 39.0. The Bertz CT molecular complexity index is 6970. The second kappa shape index (κ2) is 52.2. The van der Waals surface area contributed by atoms with Crippen molar-refractivity contribution >= 4 is 106 Å². The molecule has 2 aliphatic heterocycles. The zero-order chi connectivity index (χ0) is 103. The summed E-state index contributed by atoms with van der Waals surface area (Å²) in [5.41, 5.74) is 22.6. The number of unbranched alkanes of at least 4 members (excludes halogenated alkanes) is 36. The van der Waals surface area contributed by atoms with Crippen molar-refractivity contribution in [2.24, 2.45) is 0 Å². The van der Waals surface area contributed by atoms with Crippen LogP contribution in [0.4, 0.5) is 0 Å². The van der Waals surface area contributed by atoms with Crippen molar-refractivity contribution in [3.8, 4) is 96.9 Å². The largest absolute Gasteiger partial charge is 0.493 e. The van der Waals surface area contributed by atoms with E-state index in [1.165, 1.54) is 282 Å². The van der Waals surface area contributed by atoms with Crippen LogP contribution in [0.3, 0.4) is 0 Å². The Morgan fingerprint density at radius 3 is 0.912 bits per heavy atom. The fourth-order valence-corrected chi connectivity index (χ4v) is 22.2. The van der Waals surface area contributed by atoms with Gasteiger partial charge in [0.25, 0.3) is 0 Å². The summed E-state index contributed by atoms with van der Waals surface area (Å²) >= 11 is 0. The Balaban J connectivity index is 0.857. The fourth-order valence-electron chi connectivity index (χ4n) is 22.2. The number of nitrogens with zero attached hydrogens (tertiary/aromatic N) is 3. The van der Waals surface area contributed by atoms with Gasteiger partial charge >= 0.3 is 5.97 Å². The molecule has 0 saturated heterocycles. The van der Waals surface area contributed by atoms with Gasteiger partial charge in [0.1, 0.15) is 23.0 Å². The van der Waals surface area contributed by atoms with Gasteiger partial charge in [-0.05, 0) is 225 Å². The van der Waals surface area contributed by atoms with E-state index in [9.17, 15) is 9.90 Å². The van der Waals surface area contributed by atoms with Crippen molar-refractivity contribution in [1.29, 1.82) is 0 Å². The lowest BCUT2D eigenvalue weighted by Crippen LogP contribution is -2.10. The van der Waals surface area contributed by atoms with Crippen LogP contribution >= 0.6 is 0 Å². The first-order valence-corrected chi connectivity index (χ1v) is 57.1. The molecule has 2 aliphatic rings. The van der Waals surface area contributed by atoms with Crippen LogP contribution in [0.5, 0.6) is 23.0 Å². The maximum absolute atomic E-state index is 12.4. The third kappa shape index (κ3) is 26.2. The van der Waals surface area contributed by atoms with E-state index in [1.807, 2.05) is 0 Å². The maximum Gasteiger partial charge on any atom is 0.335 e. The first-order chi connectivity index (χ1) is 72.5. The van der Waals surface area contributed by atoms with E-state index in [-0.39, 0.29) is 16.4 Å². The molecule has 0 unspecified atom stereocenters. The lowest BCUT2D eigenvalue weighted by atomic mass is 9.83. The number of fused-ring (bicyclic) bond motifs is 9. The highest BCUT2D eigenvalue weighted by atomic mass is 16.5. The Morgan fingerprint density at radius 1 is 0.304 bits per heavy atom.